The number of nitrogens with two attached hydrogens (primary N) is 1. The van der Waals surface area contributed by atoms with Gasteiger partial charge in [-0.1, -0.05) is 0 Å². The first kappa shape index (κ1) is 13.9. The molecule has 0 spiro atoms. The Balaban J connectivity index is 2.40. The van der Waals surface area contributed by atoms with E-state index in [4.69, 9.17) is 5.73 Å². The molecule has 5 nitrogen and oxygen atoms in total. The summed E-state index contributed by atoms with van der Waals surface area (Å²) in [6.45, 7) is 2.60. The van der Waals surface area contributed by atoms with E-state index in [-0.39, 0.29) is 24.1 Å². The average Bonchev–Trinajstić information content (AvgIpc) is 2.55. The lowest BCUT2D eigenvalue weighted by Gasteiger charge is -2.28. The van der Waals surface area contributed by atoms with Crippen LogP contribution in [0.2, 0.25) is 0 Å². The zero-order chi connectivity index (χ0) is 12.4. The SMILES string of the molecule is CN(CCC(C)(O)CN)C1CCS(=O)(=O)C1. The van der Waals surface area contributed by atoms with Gasteiger partial charge in [0.05, 0.1) is 17.1 Å². The van der Waals surface area contributed by atoms with Crippen molar-refractivity contribution in [3.05, 3.63) is 0 Å². The van der Waals surface area contributed by atoms with E-state index in [1.165, 1.54) is 0 Å². The van der Waals surface area contributed by atoms with Crippen molar-refractivity contribution in [1.29, 1.82) is 0 Å². The molecule has 1 saturated heterocycles. The quantitative estimate of drug-likeness (QED) is 0.668. The summed E-state index contributed by atoms with van der Waals surface area (Å²) >= 11 is 0. The number of aliphatic hydroxyl groups is 1. The van der Waals surface area contributed by atoms with Crippen molar-refractivity contribution in [2.75, 3.05) is 31.6 Å². The van der Waals surface area contributed by atoms with Crippen LogP contribution in [0.3, 0.4) is 0 Å². The van der Waals surface area contributed by atoms with Crippen LogP contribution in [0.4, 0.5) is 0 Å². The molecule has 96 valence electrons. The van der Waals surface area contributed by atoms with Crippen LogP contribution < -0.4 is 5.73 Å². The summed E-state index contributed by atoms with van der Waals surface area (Å²) in [5, 5.41) is 9.75. The Morgan fingerprint density at radius 3 is 2.62 bits per heavy atom. The van der Waals surface area contributed by atoms with Gasteiger partial charge in [0.1, 0.15) is 0 Å². The van der Waals surface area contributed by atoms with Crippen LogP contribution >= 0.6 is 0 Å². The van der Waals surface area contributed by atoms with Crippen molar-refractivity contribution in [3.8, 4) is 0 Å². The van der Waals surface area contributed by atoms with E-state index in [9.17, 15) is 13.5 Å². The highest BCUT2D eigenvalue weighted by atomic mass is 32.2. The normalized spacial score (nSPS) is 28.2. The van der Waals surface area contributed by atoms with Gasteiger partial charge in [-0.15, -0.1) is 0 Å². The summed E-state index contributed by atoms with van der Waals surface area (Å²) in [4.78, 5) is 2.01. The van der Waals surface area contributed by atoms with E-state index in [1.54, 1.807) is 6.92 Å². The Labute approximate surface area is 97.5 Å². The molecule has 0 bridgehead atoms. The second-order valence-corrected chi connectivity index (χ2v) is 7.22. The van der Waals surface area contributed by atoms with E-state index >= 15 is 0 Å². The van der Waals surface area contributed by atoms with Gasteiger partial charge >= 0.3 is 0 Å². The van der Waals surface area contributed by atoms with Crippen molar-refractivity contribution in [3.63, 3.8) is 0 Å². The molecule has 0 aliphatic carbocycles. The molecule has 3 N–H and O–H groups in total. The first-order valence-electron chi connectivity index (χ1n) is 5.59. The van der Waals surface area contributed by atoms with Gasteiger partial charge in [0, 0.05) is 19.1 Å². The van der Waals surface area contributed by atoms with Gasteiger partial charge in [0.25, 0.3) is 0 Å². The number of hydrogen-bond acceptors (Lipinski definition) is 5. The molecule has 0 aromatic rings. The fraction of sp³-hybridized carbons (Fsp3) is 1.00. The molecule has 1 aliphatic heterocycles. The maximum Gasteiger partial charge on any atom is 0.151 e. The maximum absolute atomic E-state index is 11.3. The second-order valence-electron chi connectivity index (χ2n) is 4.99. The number of hydrogen-bond donors (Lipinski definition) is 2. The van der Waals surface area contributed by atoms with Crippen molar-refractivity contribution in [1.82, 2.24) is 4.90 Å². The molecular weight excluding hydrogens is 228 g/mol. The van der Waals surface area contributed by atoms with Gasteiger partial charge in [-0.2, -0.15) is 0 Å². The highest BCUT2D eigenvalue weighted by Gasteiger charge is 2.31. The topological polar surface area (TPSA) is 83.6 Å². The number of nitrogens with zero attached hydrogens (tertiary/aromatic N) is 1. The smallest absolute Gasteiger partial charge is 0.151 e. The van der Waals surface area contributed by atoms with E-state index in [1.807, 2.05) is 11.9 Å². The van der Waals surface area contributed by atoms with E-state index in [2.05, 4.69) is 0 Å². The molecular formula is C10H22N2O3S. The van der Waals surface area contributed by atoms with Crippen molar-refractivity contribution in [2.45, 2.75) is 31.4 Å². The van der Waals surface area contributed by atoms with Gasteiger partial charge in [0.15, 0.2) is 9.84 Å². The van der Waals surface area contributed by atoms with Crippen molar-refractivity contribution < 1.29 is 13.5 Å². The van der Waals surface area contributed by atoms with Crippen LogP contribution in [0.15, 0.2) is 0 Å². The summed E-state index contributed by atoms with van der Waals surface area (Å²) in [6.07, 6.45) is 1.26. The van der Waals surface area contributed by atoms with Crippen LogP contribution in [0.25, 0.3) is 0 Å². The molecule has 1 fully saturated rings. The minimum Gasteiger partial charge on any atom is -0.389 e. The summed E-state index contributed by atoms with van der Waals surface area (Å²) < 4.78 is 22.6. The molecule has 0 radical (unpaired) electrons. The lowest BCUT2D eigenvalue weighted by Crippen LogP contribution is -2.41. The molecule has 0 amide bonds. The lowest BCUT2D eigenvalue weighted by atomic mass is 10.0. The average molecular weight is 250 g/mol. The number of rotatable bonds is 5. The predicted octanol–water partition coefficient (Wildman–Crippen LogP) is -0.795. The Hall–Kier alpha value is -0.170. The van der Waals surface area contributed by atoms with Gasteiger partial charge in [-0.05, 0) is 26.8 Å². The second kappa shape index (κ2) is 5.00. The Morgan fingerprint density at radius 1 is 1.56 bits per heavy atom. The Kier molecular flexibility index (Phi) is 4.34. The summed E-state index contributed by atoms with van der Waals surface area (Å²) in [7, 11) is -0.928. The zero-order valence-electron chi connectivity index (χ0n) is 10.0. The molecule has 1 aliphatic rings. The molecule has 6 heteroatoms. The van der Waals surface area contributed by atoms with Gasteiger partial charge in [-0.25, -0.2) is 8.42 Å². The summed E-state index contributed by atoms with van der Waals surface area (Å²) in [5.41, 5.74) is 4.57. The minimum atomic E-state index is -2.83. The third-order valence-corrected chi connectivity index (χ3v) is 5.02. The van der Waals surface area contributed by atoms with Gasteiger partial charge in [0.2, 0.25) is 0 Å². The zero-order valence-corrected chi connectivity index (χ0v) is 10.8. The lowest BCUT2D eigenvalue weighted by molar-refractivity contribution is 0.0470. The van der Waals surface area contributed by atoms with E-state index in [0.717, 1.165) is 0 Å². The first-order valence-corrected chi connectivity index (χ1v) is 7.41. The standard InChI is InChI=1S/C10H22N2O3S/c1-10(13,8-11)4-5-12(2)9-3-6-16(14,15)7-9/h9,13H,3-8,11H2,1-2H3. The van der Waals surface area contributed by atoms with Crippen LogP contribution in [0.1, 0.15) is 19.8 Å². The van der Waals surface area contributed by atoms with Gasteiger partial charge in [-0.3, -0.25) is 0 Å². The molecule has 16 heavy (non-hydrogen) atoms. The fourth-order valence-electron chi connectivity index (χ4n) is 1.82. The predicted molar refractivity (Wildman–Crippen MR) is 64.0 cm³/mol. The molecule has 1 heterocycles. The van der Waals surface area contributed by atoms with Crippen molar-refractivity contribution >= 4 is 9.84 Å². The summed E-state index contributed by atoms with van der Waals surface area (Å²) in [5.74, 6) is 0.531. The van der Waals surface area contributed by atoms with Crippen LogP contribution in [0.5, 0.6) is 0 Å². The maximum atomic E-state index is 11.3. The van der Waals surface area contributed by atoms with Crippen LogP contribution in [-0.2, 0) is 9.84 Å². The summed E-state index contributed by atoms with van der Waals surface area (Å²) in [6, 6.07) is 0.0959. The molecule has 0 aromatic heterocycles. The first-order chi connectivity index (χ1) is 7.26. The molecule has 1 rings (SSSR count). The molecule has 2 unspecified atom stereocenters. The molecule has 0 saturated carbocycles. The number of sulfone groups is 1. The Bertz CT molecular complexity index is 327. The minimum absolute atomic E-state index is 0.0959. The molecule has 0 aromatic carbocycles. The molecule has 2 atom stereocenters. The van der Waals surface area contributed by atoms with E-state index in [0.29, 0.717) is 19.4 Å². The third-order valence-electron chi connectivity index (χ3n) is 3.27. The highest BCUT2D eigenvalue weighted by Crippen LogP contribution is 2.18. The van der Waals surface area contributed by atoms with Gasteiger partial charge < -0.3 is 15.7 Å². The third kappa shape index (κ3) is 4.01. The van der Waals surface area contributed by atoms with Crippen LogP contribution in [-0.4, -0.2) is 61.7 Å². The monoisotopic (exact) mass is 250 g/mol. The van der Waals surface area contributed by atoms with Crippen LogP contribution in [0, 0.1) is 0 Å². The Morgan fingerprint density at radius 2 is 2.19 bits per heavy atom. The van der Waals surface area contributed by atoms with E-state index < -0.39 is 15.4 Å². The van der Waals surface area contributed by atoms with Crippen molar-refractivity contribution in [2.24, 2.45) is 5.73 Å². The largest absolute Gasteiger partial charge is 0.389 e. The fourth-order valence-corrected chi connectivity index (χ4v) is 3.63. The highest BCUT2D eigenvalue weighted by molar-refractivity contribution is 7.91.